The Kier molecular flexibility index (Phi) is 5.76. The zero-order valence-corrected chi connectivity index (χ0v) is 14.7. The Bertz CT molecular complexity index is 844. The summed E-state index contributed by atoms with van der Waals surface area (Å²) >= 11 is 0. The lowest BCUT2D eigenvalue weighted by Gasteiger charge is -2.05. The molecule has 0 saturated carbocycles. The quantitative estimate of drug-likeness (QED) is 0.571. The Morgan fingerprint density at radius 1 is 1.08 bits per heavy atom. The zero-order valence-electron chi connectivity index (χ0n) is 14.7. The van der Waals surface area contributed by atoms with Crippen molar-refractivity contribution >= 4 is 5.78 Å². The van der Waals surface area contributed by atoms with Gasteiger partial charge in [-0.25, -0.2) is 0 Å². The van der Waals surface area contributed by atoms with Gasteiger partial charge in [0.2, 0.25) is 0 Å². The first-order chi connectivity index (χ1) is 12.7. The molecule has 1 heterocycles. The normalized spacial score (nSPS) is 11.9. The van der Waals surface area contributed by atoms with Gasteiger partial charge in [0.25, 0.3) is 5.89 Å². The van der Waals surface area contributed by atoms with E-state index >= 15 is 0 Å². The van der Waals surface area contributed by atoms with E-state index in [1.54, 1.807) is 36.4 Å². The van der Waals surface area contributed by atoms with Gasteiger partial charge in [0.15, 0.2) is 18.2 Å². The molecule has 0 spiro atoms. The van der Waals surface area contributed by atoms with Crippen molar-refractivity contribution in [1.82, 2.24) is 10.1 Å². The van der Waals surface area contributed by atoms with E-state index in [1.807, 2.05) is 32.0 Å². The third-order valence-corrected chi connectivity index (χ3v) is 3.78. The van der Waals surface area contributed by atoms with Crippen molar-refractivity contribution in [3.8, 4) is 5.75 Å². The van der Waals surface area contributed by atoms with Gasteiger partial charge in [-0.05, 0) is 38.1 Å². The van der Waals surface area contributed by atoms with Crippen molar-refractivity contribution in [3.63, 3.8) is 0 Å². The number of carbonyl (C=O) groups is 1. The molecule has 0 radical (unpaired) electrons. The molecule has 0 aliphatic heterocycles. The van der Waals surface area contributed by atoms with E-state index in [-0.39, 0.29) is 18.5 Å². The summed E-state index contributed by atoms with van der Waals surface area (Å²) in [5.74, 6) is 1.46. The van der Waals surface area contributed by atoms with Crippen LogP contribution in [0.25, 0.3) is 0 Å². The van der Waals surface area contributed by atoms with Crippen LogP contribution in [-0.4, -0.2) is 22.5 Å². The molecule has 0 amide bonds. The number of rotatable bonds is 8. The number of hydrogen-bond acceptors (Lipinski definition) is 6. The van der Waals surface area contributed by atoms with E-state index in [4.69, 9.17) is 14.0 Å². The summed E-state index contributed by atoms with van der Waals surface area (Å²) in [6.45, 7) is 4.50. The average molecular weight is 352 g/mol. The molecule has 0 bridgehead atoms. The number of hydrogen-bond donors (Lipinski definition) is 0. The largest absolute Gasteiger partial charge is 0.484 e. The van der Waals surface area contributed by atoms with Crippen molar-refractivity contribution < 1.29 is 18.8 Å². The van der Waals surface area contributed by atoms with Crippen molar-refractivity contribution in [1.29, 1.82) is 0 Å². The highest BCUT2D eigenvalue weighted by Crippen LogP contribution is 2.17. The Morgan fingerprint density at radius 2 is 1.77 bits per heavy atom. The zero-order chi connectivity index (χ0) is 18.4. The molecule has 0 fully saturated rings. The summed E-state index contributed by atoms with van der Waals surface area (Å²) in [4.78, 5) is 16.6. The molecule has 2 aromatic carbocycles. The predicted octanol–water partition coefficient (Wildman–Crippen LogP) is 3.98. The standard InChI is InChI=1S/C20H20N2O4/c1-3-24-14(2)20-21-18(26-22-20)13-25-17-11-9-16(10-12-17)19(23)15-7-5-4-6-8-15/h4-12,14H,3,13H2,1-2H3. The summed E-state index contributed by atoms with van der Waals surface area (Å²) in [5.41, 5.74) is 1.26. The minimum atomic E-state index is -0.221. The van der Waals surface area contributed by atoms with Crippen LogP contribution in [0, 0.1) is 0 Å². The SMILES string of the molecule is CCOC(C)c1noc(COc2ccc(C(=O)c3ccccc3)cc2)n1. The highest BCUT2D eigenvalue weighted by molar-refractivity contribution is 6.08. The molecule has 0 saturated heterocycles. The average Bonchev–Trinajstić information content (AvgIpc) is 3.16. The third kappa shape index (κ3) is 4.34. The fourth-order valence-corrected chi connectivity index (χ4v) is 2.42. The maximum absolute atomic E-state index is 12.4. The van der Waals surface area contributed by atoms with Crippen molar-refractivity contribution in [2.45, 2.75) is 26.6 Å². The van der Waals surface area contributed by atoms with Crippen LogP contribution in [0.4, 0.5) is 0 Å². The number of carbonyl (C=O) groups excluding carboxylic acids is 1. The smallest absolute Gasteiger partial charge is 0.264 e. The van der Waals surface area contributed by atoms with Crippen LogP contribution >= 0.6 is 0 Å². The molecular formula is C20H20N2O4. The van der Waals surface area contributed by atoms with Crippen LogP contribution in [-0.2, 0) is 11.3 Å². The fraction of sp³-hybridized carbons (Fsp3) is 0.250. The van der Waals surface area contributed by atoms with Crippen LogP contribution < -0.4 is 4.74 Å². The molecule has 0 aliphatic carbocycles. The Balaban J connectivity index is 1.59. The van der Waals surface area contributed by atoms with Gasteiger partial charge < -0.3 is 14.0 Å². The van der Waals surface area contributed by atoms with E-state index in [9.17, 15) is 4.79 Å². The minimum Gasteiger partial charge on any atom is -0.484 e. The lowest BCUT2D eigenvalue weighted by molar-refractivity contribution is 0.0683. The van der Waals surface area contributed by atoms with Crippen molar-refractivity contribution in [2.75, 3.05) is 6.61 Å². The van der Waals surface area contributed by atoms with Crippen LogP contribution in [0.3, 0.4) is 0 Å². The number of ether oxygens (including phenoxy) is 2. The molecule has 3 rings (SSSR count). The molecule has 0 aliphatic rings. The van der Waals surface area contributed by atoms with Crippen LogP contribution in [0.2, 0.25) is 0 Å². The van der Waals surface area contributed by atoms with Crippen LogP contribution in [0.1, 0.15) is 47.6 Å². The highest BCUT2D eigenvalue weighted by atomic mass is 16.5. The van der Waals surface area contributed by atoms with Gasteiger partial charge >= 0.3 is 0 Å². The maximum atomic E-state index is 12.4. The molecule has 1 atom stereocenters. The molecule has 134 valence electrons. The number of ketones is 1. The van der Waals surface area contributed by atoms with Crippen LogP contribution in [0.5, 0.6) is 5.75 Å². The fourth-order valence-electron chi connectivity index (χ4n) is 2.42. The first-order valence-corrected chi connectivity index (χ1v) is 8.44. The summed E-state index contributed by atoms with van der Waals surface area (Å²) < 4.78 is 16.2. The molecule has 0 N–H and O–H groups in total. The second-order valence-electron chi connectivity index (χ2n) is 5.65. The van der Waals surface area contributed by atoms with Crippen molar-refractivity contribution in [2.24, 2.45) is 0 Å². The Labute approximate surface area is 151 Å². The summed E-state index contributed by atoms with van der Waals surface area (Å²) in [7, 11) is 0. The monoisotopic (exact) mass is 352 g/mol. The van der Waals surface area contributed by atoms with E-state index in [0.29, 0.717) is 35.2 Å². The highest BCUT2D eigenvalue weighted by Gasteiger charge is 2.14. The van der Waals surface area contributed by atoms with Gasteiger partial charge in [-0.3, -0.25) is 4.79 Å². The van der Waals surface area contributed by atoms with Gasteiger partial charge in [-0.15, -0.1) is 0 Å². The van der Waals surface area contributed by atoms with E-state index < -0.39 is 0 Å². The van der Waals surface area contributed by atoms with Gasteiger partial charge in [-0.1, -0.05) is 35.5 Å². The number of nitrogens with zero attached hydrogens (tertiary/aromatic N) is 2. The van der Waals surface area contributed by atoms with E-state index in [0.717, 1.165) is 0 Å². The molecule has 6 heteroatoms. The topological polar surface area (TPSA) is 74.5 Å². The van der Waals surface area contributed by atoms with Crippen LogP contribution in [0.15, 0.2) is 59.1 Å². The molecule has 6 nitrogen and oxygen atoms in total. The Morgan fingerprint density at radius 3 is 2.46 bits per heavy atom. The first-order valence-electron chi connectivity index (χ1n) is 8.44. The number of aromatic nitrogens is 2. The first kappa shape index (κ1) is 17.8. The minimum absolute atomic E-state index is 0.0244. The second-order valence-corrected chi connectivity index (χ2v) is 5.65. The predicted molar refractivity (Wildman–Crippen MR) is 95.0 cm³/mol. The summed E-state index contributed by atoms with van der Waals surface area (Å²) in [6.07, 6.45) is -0.221. The molecule has 26 heavy (non-hydrogen) atoms. The maximum Gasteiger partial charge on any atom is 0.264 e. The van der Waals surface area contributed by atoms with E-state index in [2.05, 4.69) is 10.1 Å². The summed E-state index contributed by atoms with van der Waals surface area (Å²) in [6, 6.07) is 16.1. The van der Waals surface area contributed by atoms with Gasteiger partial charge in [0.1, 0.15) is 11.9 Å². The molecule has 3 aromatic rings. The van der Waals surface area contributed by atoms with Gasteiger partial charge in [0, 0.05) is 17.7 Å². The van der Waals surface area contributed by atoms with Crippen molar-refractivity contribution in [3.05, 3.63) is 77.4 Å². The second kappa shape index (κ2) is 8.40. The lowest BCUT2D eigenvalue weighted by Crippen LogP contribution is -2.03. The Hall–Kier alpha value is -2.99. The lowest BCUT2D eigenvalue weighted by atomic mass is 10.0. The van der Waals surface area contributed by atoms with Gasteiger partial charge in [0.05, 0.1) is 0 Å². The molecular weight excluding hydrogens is 332 g/mol. The number of benzene rings is 2. The van der Waals surface area contributed by atoms with Gasteiger partial charge in [-0.2, -0.15) is 4.98 Å². The van der Waals surface area contributed by atoms with E-state index in [1.165, 1.54) is 0 Å². The third-order valence-electron chi connectivity index (χ3n) is 3.78. The molecule has 1 aromatic heterocycles. The molecule has 1 unspecified atom stereocenters. The summed E-state index contributed by atoms with van der Waals surface area (Å²) in [5, 5.41) is 3.88.